The Kier molecular flexibility index (Phi) is 9.21. The zero-order valence-electron chi connectivity index (χ0n) is 5.63. The van der Waals surface area contributed by atoms with Crippen molar-refractivity contribution in [3.05, 3.63) is 0 Å². The fourth-order valence-electron chi connectivity index (χ4n) is 0.463. The van der Waals surface area contributed by atoms with Crippen LogP contribution < -0.4 is 0 Å². The minimum atomic E-state index is -2.78. The smallest absolute Gasteiger partial charge is 0.325 e. The number of hydrogen-bond donors (Lipinski definition) is 1. The van der Waals surface area contributed by atoms with Gasteiger partial charge in [0.1, 0.15) is 0 Å². The van der Waals surface area contributed by atoms with E-state index in [1.807, 2.05) is 13.8 Å². The molecule has 0 aromatic carbocycles. The zero-order chi connectivity index (χ0) is 7.28. The van der Waals surface area contributed by atoms with Crippen molar-refractivity contribution in [3.63, 3.8) is 0 Å². The Morgan fingerprint density at radius 3 is 2.00 bits per heavy atom. The Morgan fingerprint density at radius 1 is 1.50 bits per heavy atom. The highest BCUT2D eigenvalue weighted by Crippen LogP contribution is 2.16. The molecule has 0 rings (SSSR count). The lowest BCUT2D eigenvalue weighted by atomic mass is 10.6. The van der Waals surface area contributed by atoms with E-state index in [1.54, 1.807) is 0 Å². The molecule has 1 N–H and O–H groups in total. The number of hydroxylamine groups is 2. The van der Waals surface area contributed by atoms with Crippen LogP contribution in [0, 0.1) is 0 Å². The second-order valence-corrected chi connectivity index (χ2v) is 2.19. The summed E-state index contributed by atoms with van der Waals surface area (Å²) in [6.07, 6.45) is 0. The summed E-state index contributed by atoms with van der Waals surface area (Å²) in [6.45, 7) is 4.98. The van der Waals surface area contributed by atoms with Gasteiger partial charge in [0.05, 0.1) is 0 Å². The van der Waals surface area contributed by atoms with Gasteiger partial charge in [0.15, 0.2) is 0 Å². The Bertz CT molecular complexity index is 94.9. The fraction of sp³-hybridized carbons (Fsp3) is 1.00. The molecule has 0 saturated carbocycles. The van der Waals surface area contributed by atoms with Gasteiger partial charge < -0.3 is 4.89 Å². The van der Waals surface area contributed by atoms with Crippen LogP contribution in [-0.2, 0) is 9.19 Å². The summed E-state index contributed by atoms with van der Waals surface area (Å²) in [6, 6.07) is 0. The Hall–Kier alpha value is 0.110. The molecule has 0 fully saturated rings. The van der Waals surface area contributed by atoms with Gasteiger partial charge >= 0.3 is 8.25 Å². The van der Waals surface area contributed by atoms with Crippen molar-refractivity contribution in [1.29, 1.82) is 0 Å². The molecule has 0 spiro atoms. The first-order valence-corrected chi connectivity index (χ1v) is 4.12. The van der Waals surface area contributed by atoms with E-state index < -0.39 is 8.25 Å². The van der Waals surface area contributed by atoms with Crippen LogP contribution in [0.25, 0.3) is 0 Å². The lowest BCUT2D eigenvalue weighted by Crippen LogP contribution is -2.19. The van der Waals surface area contributed by atoms with E-state index in [2.05, 4.69) is 4.62 Å². The van der Waals surface area contributed by atoms with Gasteiger partial charge in [-0.15, -0.1) is 0 Å². The standard InChI is InChI=1S/C4H12NO3P.CH4/c1-3-5(4-2)8-9(6)7;/h9H,3-4H2,1-2H3,(H,6,7);1H4. The first-order valence-electron chi connectivity index (χ1n) is 2.86. The molecule has 0 saturated heterocycles. The molecule has 0 bridgehead atoms. The molecule has 0 heterocycles. The Morgan fingerprint density at radius 2 is 1.90 bits per heavy atom. The van der Waals surface area contributed by atoms with E-state index in [1.165, 1.54) is 5.06 Å². The van der Waals surface area contributed by atoms with Gasteiger partial charge in [-0.2, -0.15) is 5.06 Å². The van der Waals surface area contributed by atoms with Crippen LogP contribution in [0.5, 0.6) is 0 Å². The summed E-state index contributed by atoms with van der Waals surface area (Å²) < 4.78 is 14.5. The van der Waals surface area contributed by atoms with Crippen molar-refractivity contribution in [2.45, 2.75) is 21.3 Å². The molecule has 0 aliphatic heterocycles. The van der Waals surface area contributed by atoms with Crippen LogP contribution in [0.1, 0.15) is 21.3 Å². The third-order valence-electron chi connectivity index (χ3n) is 0.913. The lowest BCUT2D eigenvalue weighted by molar-refractivity contribution is -0.0503. The molecule has 4 nitrogen and oxygen atoms in total. The number of hydrogen-bond acceptors (Lipinski definition) is 3. The Labute approximate surface area is 62.7 Å². The zero-order valence-corrected chi connectivity index (χ0v) is 6.63. The van der Waals surface area contributed by atoms with E-state index in [0.717, 1.165) is 0 Å². The predicted molar refractivity (Wildman–Crippen MR) is 42.0 cm³/mol. The van der Waals surface area contributed by atoms with Crippen molar-refractivity contribution in [1.82, 2.24) is 5.06 Å². The summed E-state index contributed by atoms with van der Waals surface area (Å²) in [5.41, 5.74) is 0. The molecule has 1 unspecified atom stereocenters. The monoisotopic (exact) mass is 169 g/mol. The number of rotatable bonds is 4. The van der Waals surface area contributed by atoms with E-state index >= 15 is 0 Å². The van der Waals surface area contributed by atoms with Gasteiger partial charge in [0.2, 0.25) is 0 Å². The molecular formula is C5H16NO3P. The van der Waals surface area contributed by atoms with Crippen molar-refractivity contribution in [2.75, 3.05) is 13.1 Å². The van der Waals surface area contributed by atoms with E-state index in [9.17, 15) is 4.57 Å². The van der Waals surface area contributed by atoms with E-state index in [-0.39, 0.29) is 7.43 Å². The molecule has 0 aromatic rings. The minimum Gasteiger partial charge on any atom is -0.325 e. The van der Waals surface area contributed by atoms with Gasteiger partial charge in [-0.3, -0.25) is 4.57 Å². The summed E-state index contributed by atoms with van der Waals surface area (Å²) in [5.74, 6) is 0. The van der Waals surface area contributed by atoms with Crippen LogP contribution in [0.15, 0.2) is 0 Å². The van der Waals surface area contributed by atoms with Gasteiger partial charge in [0, 0.05) is 13.1 Å². The molecule has 0 radical (unpaired) electrons. The van der Waals surface area contributed by atoms with Gasteiger partial charge in [-0.05, 0) is 0 Å². The van der Waals surface area contributed by atoms with Crippen molar-refractivity contribution in [2.24, 2.45) is 0 Å². The van der Waals surface area contributed by atoms with Crippen molar-refractivity contribution in [3.8, 4) is 0 Å². The second-order valence-electron chi connectivity index (χ2n) is 1.47. The second kappa shape index (κ2) is 7.22. The number of nitrogens with zero attached hydrogens (tertiary/aromatic N) is 1. The largest absolute Gasteiger partial charge is 0.333 e. The van der Waals surface area contributed by atoms with Gasteiger partial charge in [-0.1, -0.05) is 21.3 Å². The van der Waals surface area contributed by atoms with Crippen molar-refractivity contribution >= 4 is 8.25 Å². The average Bonchev–Trinajstić information content (AvgIpc) is 1.82. The summed E-state index contributed by atoms with van der Waals surface area (Å²) in [5, 5.41) is 1.43. The molecule has 0 aromatic heterocycles. The first-order chi connectivity index (χ1) is 4.20. The predicted octanol–water partition coefficient (Wildman–Crippen LogP) is 1.28. The van der Waals surface area contributed by atoms with Crippen LogP contribution in [0.3, 0.4) is 0 Å². The third kappa shape index (κ3) is 6.23. The molecule has 5 heteroatoms. The molecular weight excluding hydrogens is 153 g/mol. The minimum absolute atomic E-state index is 0. The molecule has 0 aliphatic rings. The highest BCUT2D eigenvalue weighted by atomic mass is 31.1. The van der Waals surface area contributed by atoms with Gasteiger partial charge in [-0.25, -0.2) is 4.62 Å². The van der Waals surface area contributed by atoms with Crippen LogP contribution >= 0.6 is 8.25 Å². The van der Waals surface area contributed by atoms with Crippen molar-refractivity contribution < 1.29 is 14.1 Å². The maximum Gasteiger partial charge on any atom is 0.333 e. The third-order valence-corrected chi connectivity index (χ3v) is 1.33. The van der Waals surface area contributed by atoms with Gasteiger partial charge in [0.25, 0.3) is 0 Å². The maximum absolute atomic E-state index is 10.0. The highest BCUT2D eigenvalue weighted by molar-refractivity contribution is 7.32. The summed E-state index contributed by atoms with van der Waals surface area (Å²) in [4.78, 5) is 8.27. The summed E-state index contributed by atoms with van der Waals surface area (Å²) in [7, 11) is -2.78. The quantitative estimate of drug-likeness (QED) is 0.508. The molecule has 64 valence electrons. The highest BCUT2D eigenvalue weighted by Gasteiger charge is 2.00. The Balaban J connectivity index is 0. The van der Waals surface area contributed by atoms with E-state index in [4.69, 9.17) is 4.89 Å². The maximum atomic E-state index is 10.0. The van der Waals surface area contributed by atoms with Crippen LogP contribution in [0.4, 0.5) is 0 Å². The normalized spacial score (nSPS) is 12.8. The topological polar surface area (TPSA) is 49.8 Å². The summed E-state index contributed by atoms with van der Waals surface area (Å²) >= 11 is 0. The van der Waals surface area contributed by atoms with Crippen LogP contribution in [0.2, 0.25) is 0 Å². The molecule has 0 amide bonds. The molecule has 1 atom stereocenters. The molecule has 10 heavy (non-hydrogen) atoms. The van der Waals surface area contributed by atoms with Crippen LogP contribution in [-0.4, -0.2) is 23.0 Å². The SMILES string of the molecule is C.CCN(CC)O[PH](=O)O. The van der Waals surface area contributed by atoms with E-state index in [0.29, 0.717) is 13.1 Å². The lowest BCUT2D eigenvalue weighted by Gasteiger charge is -2.13. The molecule has 0 aliphatic carbocycles. The first kappa shape index (κ1) is 12.8. The fourth-order valence-corrected chi connectivity index (χ4v) is 0.942. The average molecular weight is 169 g/mol.